The normalized spacial score (nSPS) is 16.3. The van der Waals surface area contributed by atoms with Crippen LogP contribution in [0.2, 0.25) is 0 Å². The molecule has 21 heavy (non-hydrogen) atoms. The lowest BCUT2D eigenvalue weighted by atomic mass is 9.93. The van der Waals surface area contributed by atoms with Crippen LogP contribution >= 0.6 is 11.3 Å². The van der Waals surface area contributed by atoms with Gasteiger partial charge in [-0.2, -0.15) is 0 Å². The van der Waals surface area contributed by atoms with Crippen LogP contribution in [0.3, 0.4) is 0 Å². The third kappa shape index (κ3) is 2.49. The minimum Gasteiger partial charge on any atom is -0.366 e. The summed E-state index contributed by atoms with van der Waals surface area (Å²) >= 11 is 1.40. The maximum absolute atomic E-state index is 11.5. The van der Waals surface area contributed by atoms with Gasteiger partial charge in [-0.1, -0.05) is 0 Å². The monoisotopic (exact) mass is 305 g/mol. The van der Waals surface area contributed by atoms with Crippen molar-refractivity contribution in [3.8, 4) is 0 Å². The van der Waals surface area contributed by atoms with Crippen LogP contribution in [0.5, 0.6) is 0 Å². The molecule has 7 heteroatoms. The van der Waals surface area contributed by atoms with E-state index in [-0.39, 0.29) is 22.4 Å². The first kappa shape index (κ1) is 13.9. The second kappa shape index (κ2) is 5.40. The number of nitro groups is 1. The van der Waals surface area contributed by atoms with Gasteiger partial charge < -0.3 is 4.90 Å². The quantitative estimate of drug-likeness (QED) is 0.643. The van der Waals surface area contributed by atoms with E-state index in [1.165, 1.54) is 11.3 Å². The van der Waals surface area contributed by atoms with Gasteiger partial charge in [-0.05, 0) is 25.0 Å². The number of rotatable bonds is 3. The van der Waals surface area contributed by atoms with E-state index in [0.717, 1.165) is 17.5 Å². The average molecular weight is 305 g/mol. The second-order valence-corrected chi connectivity index (χ2v) is 6.16. The largest absolute Gasteiger partial charge is 0.366 e. The van der Waals surface area contributed by atoms with Crippen molar-refractivity contribution >= 4 is 38.7 Å². The molecule has 1 aliphatic carbocycles. The smallest absolute Gasteiger partial charge is 0.319 e. The number of benzene rings is 1. The highest BCUT2D eigenvalue weighted by Gasteiger charge is 2.28. The Morgan fingerprint density at radius 1 is 1.38 bits per heavy atom. The van der Waals surface area contributed by atoms with Crippen molar-refractivity contribution in [3.63, 3.8) is 0 Å². The average Bonchev–Trinajstić information content (AvgIpc) is 2.94. The summed E-state index contributed by atoms with van der Waals surface area (Å²) in [5.74, 6) is 0.282. The fraction of sp³-hybridized carbons (Fsp3) is 0.429. The van der Waals surface area contributed by atoms with Crippen molar-refractivity contribution in [1.29, 1.82) is 0 Å². The van der Waals surface area contributed by atoms with Crippen LogP contribution < -0.4 is 4.90 Å². The van der Waals surface area contributed by atoms with Crippen molar-refractivity contribution in [2.24, 2.45) is 0 Å². The molecule has 0 unspecified atom stereocenters. The zero-order valence-corrected chi connectivity index (χ0v) is 12.4. The Kier molecular flexibility index (Phi) is 3.59. The highest BCUT2D eigenvalue weighted by atomic mass is 32.1. The van der Waals surface area contributed by atoms with Gasteiger partial charge in [-0.15, -0.1) is 11.3 Å². The number of hydrogen-bond donors (Lipinski definition) is 0. The van der Waals surface area contributed by atoms with Gasteiger partial charge in [0.05, 0.1) is 15.1 Å². The van der Waals surface area contributed by atoms with Crippen LogP contribution in [0, 0.1) is 10.1 Å². The molecule has 3 rings (SSSR count). The van der Waals surface area contributed by atoms with E-state index in [0.29, 0.717) is 24.0 Å². The Labute approximate surface area is 125 Å². The number of carbonyl (C=O) groups is 1. The van der Waals surface area contributed by atoms with E-state index in [1.807, 2.05) is 18.0 Å². The summed E-state index contributed by atoms with van der Waals surface area (Å²) in [5.41, 5.74) is 2.72. The first-order valence-electron chi connectivity index (χ1n) is 6.83. The first-order chi connectivity index (χ1) is 10.1. The predicted molar refractivity (Wildman–Crippen MR) is 81.9 cm³/mol. The number of thiazole rings is 1. The number of nitrogens with zero attached hydrogens (tertiary/aromatic N) is 3. The molecule has 0 bridgehead atoms. The summed E-state index contributed by atoms with van der Waals surface area (Å²) in [7, 11) is 1.86. The fourth-order valence-corrected chi connectivity index (χ4v) is 3.56. The topological polar surface area (TPSA) is 76.3 Å². The van der Waals surface area contributed by atoms with E-state index in [1.54, 1.807) is 11.6 Å². The van der Waals surface area contributed by atoms with Crippen LogP contribution in [0.25, 0.3) is 10.2 Å². The van der Waals surface area contributed by atoms with Gasteiger partial charge in [0.25, 0.3) is 0 Å². The van der Waals surface area contributed by atoms with Crippen molar-refractivity contribution < 1.29 is 9.72 Å². The molecule has 1 heterocycles. The third-order valence-corrected chi connectivity index (χ3v) is 4.87. The van der Waals surface area contributed by atoms with Crippen molar-refractivity contribution in [3.05, 3.63) is 27.8 Å². The van der Waals surface area contributed by atoms with Crippen LogP contribution in [-0.4, -0.2) is 28.8 Å². The molecule has 6 nitrogen and oxygen atoms in total. The SMILES string of the molecule is CN(c1ccc2scnc2c1[N+](=O)[O-])C1CCC(=O)CC1. The van der Waals surface area contributed by atoms with E-state index in [2.05, 4.69) is 4.98 Å². The molecule has 110 valence electrons. The maximum atomic E-state index is 11.5. The van der Waals surface area contributed by atoms with Crippen LogP contribution in [0.4, 0.5) is 11.4 Å². The van der Waals surface area contributed by atoms with E-state index in [9.17, 15) is 14.9 Å². The first-order valence-corrected chi connectivity index (χ1v) is 7.71. The Morgan fingerprint density at radius 2 is 2.10 bits per heavy atom. The zero-order chi connectivity index (χ0) is 15.0. The highest BCUT2D eigenvalue weighted by Crippen LogP contribution is 2.38. The lowest BCUT2D eigenvalue weighted by Crippen LogP contribution is -2.35. The number of Topliss-reactive ketones (excluding diaryl/α,β-unsaturated/α-hetero) is 1. The molecule has 0 saturated heterocycles. The molecule has 2 aromatic rings. The summed E-state index contributed by atoms with van der Waals surface area (Å²) in [6, 6.07) is 3.83. The van der Waals surface area contributed by atoms with E-state index < -0.39 is 0 Å². The van der Waals surface area contributed by atoms with Crippen molar-refractivity contribution in [2.45, 2.75) is 31.7 Å². The zero-order valence-electron chi connectivity index (χ0n) is 11.6. The second-order valence-electron chi connectivity index (χ2n) is 5.27. The van der Waals surface area contributed by atoms with Gasteiger partial charge in [0.2, 0.25) is 0 Å². The molecule has 1 aromatic carbocycles. The molecule has 0 N–H and O–H groups in total. The Bertz CT molecular complexity index is 703. The number of fused-ring (bicyclic) bond motifs is 1. The van der Waals surface area contributed by atoms with Crippen molar-refractivity contribution in [1.82, 2.24) is 4.98 Å². The van der Waals surface area contributed by atoms with Gasteiger partial charge >= 0.3 is 5.69 Å². The minimum absolute atomic E-state index is 0.0631. The van der Waals surface area contributed by atoms with E-state index in [4.69, 9.17) is 0 Å². The van der Waals surface area contributed by atoms with Gasteiger partial charge in [0.1, 0.15) is 11.5 Å². The molecular weight excluding hydrogens is 290 g/mol. The Hall–Kier alpha value is -2.02. The number of nitro benzene ring substituents is 1. The molecule has 0 radical (unpaired) electrons. The minimum atomic E-state index is -0.359. The number of carbonyl (C=O) groups excluding carboxylic acids is 1. The number of ketones is 1. The Morgan fingerprint density at radius 3 is 2.76 bits per heavy atom. The lowest BCUT2D eigenvalue weighted by Gasteiger charge is -2.32. The summed E-state index contributed by atoms with van der Waals surface area (Å²) in [6.45, 7) is 0. The van der Waals surface area contributed by atoms with Crippen LogP contribution in [0.15, 0.2) is 17.6 Å². The summed E-state index contributed by atoms with van der Waals surface area (Å²) in [4.78, 5) is 28.5. The lowest BCUT2D eigenvalue weighted by molar-refractivity contribution is -0.382. The molecule has 0 amide bonds. The van der Waals surface area contributed by atoms with E-state index >= 15 is 0 Å². The van der Waals surface area contributed by atoms with Crippen LogP contribution in [0.1, 0.15) is 25.7 Å². The third-order valence-electron chi connectivity index (χ3n) is 4.08. The van der Waals surface area contributed by atoms with Gasteiger partial charge in [-0.3, -0.25) is 14.9 Å². The number of anilines is 1. The summed E-state index contributed by atoms with van der Waals surface area (Å²) in [5, 5.41) is 11.5. The van der Waals surface area contributed by atoms with Crippen LogP contribution in [-0.2, 0) is 4.79 Å². The van der Waals surface area contributed by atoms with Crippen molar-refractivity contribution in [2.75, 3.05) is 11.9 Å². The molecular formula is C14H15N3O3S. The predicted octanol–water partition coefficient (Wildman–Crippen LogP) is 3.15. The maximum Gasteiger partial charge on any atom is 0.319 e. The Balaban J connectivity index is 2.00. The molecule has 0 atom stereocenters. The number of hydrogen-bond acceptors (Lipinski definition) is 6. The molecule has 1 saturated carbocycles. The number of aromatic nitrogens is 1. The highest BCUT2D eigenvalue weighted by molar-refractivity contribution is 7.16. The molecule has 0 aliphatic heterocycles. The van der Waals surface area contributed by atoms with Gasteiger partial charge in [-0.25, -0.2) is 4.98 Å². The molecule has 1 fully saturated rings. The summed E-state index contributed by atoms with van der Waals surface area (Å²) < 4.78 is 0.817. The fourth-order valence-electron chi connectivity index (χ4n) is 2.88. The van der Waals surface area contributed by atoms with Gasteiger partial charge in [0.15, 0.2) is 5.52 Å². The standard InChI is InChI=1S/C14H15N3O3S/c1-16(9-2-4-10(18)5-3-9)11-6-7-12-13(15-8-21-12)14(11)17(19)20/h6-9H,2-5H2,1H3. The van der Waals surface area contributed by atoms with Gasteiger partial charge in [0, 0.05) is 25.9 Å². The summed E-state index contributed by atoms with van der Waals surface area (Å²) in [6.07, 6.45) is 2.62. The molecule has 0 spiro atoms. The molecule has 1 aromatic heterocycles. The molecule has 1 aliphatic rings.